The van der Waals surface area contributed by atoms with Gasteiger partial charge in [0.15, 0.2) is 0 Å². The van der Waals surface area contributed by atoms with Crippen molar-refractivity contribution >= 4 is 11.6 Å². The Morgan fingerprint density at radius 1 is 1.29 bits per heavy atom. The van der Waals surface area contributed by atoms with Crippen LogP contribution in [0.15, 0.2) is 18.2 Å². The van der Waals surface area contributed by atoms with Crippen LogP contribution in [0.2, 0.25) is 5.02 Å². The normalized spacial score (nSPS) is 17.6. The first-order valence-corrected chi connectivity index (χ1v) is 5.61. The molecule has 0 aliphatic carbocycles. The summed E-state index contributed by atoms with van der Waals surface area (Å²) in [5, 5.41) is 0.871. The molecule has 1 saturated heterocycles. The molecule has 2 rings (SSSR count). The van der Waals surface area contributed by atoms with Crippen LogP contribution in [0.4, 0.5) is 0 Å². The van der Waals surface area contributed by atoms with Gasteiger partial charge in [0, 0.05) is 11.6 Å². The van der Waals surface area contributed by atoms with Gasteiger partial charge < -0.3 is 0 Å². The Hall–Kier alpha value is -0.530. The highest BCUT2D eigenvalue weighted by Gasteiger charge is 2.11. The molecule has 2 heteroatoms. The van der Waals surface area contributed by atoms with Crippen LogP contribution in [0.5, 0.6) is 0 Å². The molecule has 0 spiro atoms. The van der Waals surface area contributed by atoms with E-state index in [2.05, 4.69) is 24.0 Å². The van der Waals surface area contributed by atoms with Crippen LogP contribution in [-0.4, -0.2) is 18.0 Å². The Morgan fingerprint density at radius 3 is 2.64 bits per heavy atom. The molecule has 0 aromatic heterocycles. The van der Waals surface area contributed by atoms with Gasteiger partial charge in [0.1, 0.15) is 0 Å². The number of hydrogen-bond acceptors (Lipinski definition) is 1. The minimum atomic E-state index is 0.871. The van der Waals surface area contributed by atoms with Crippen LogP contribution in [0, 0.1) is 6.92 Å². The topological polar surface area (TPSA) is 3.24 Å². The van der Waals surface area contributed by atoms with E-state index in [1.807, 2.05) is 6.07 Å². The summed E-state index contributed by atoms with van der Waals surface area (Å²) >= 11 is 5.98. The Kier molecular flexibility index (Phi) is 3.09. The summed E-state index contributed by atoms with van der Waals surface area (Å²) in [5.41, 5.74) is 2.57. The van der Waals surface area contributed by atoms with E-state index in [4.69, 9.17) is 11.6 Å². The van der Waals surface area contributed by atoms with Crippen LogP contribution in [0.1, 0.15) is 24.0 Å². The van der Waals surface area contributed by atoms with Crippen LogP contribution in [0.25, 0.3) is 0 Å². The van der Waals surface area contributed by atoms with Gasteiger partial charge in [-0.2, -0.15) is 0 Å². The van der Waals surface area contributed by atoms with Gasteiger partial charge in [0.05, 0.1) is 0 Å². The number of hydrogen-bond donors (Lipinski definition) is 0. The number of halogens is 1. The third-order valence-corrected chi connectivity index (χ3v) is 3.25. The maximum absolute atomic E-state index is 5.98. The third-order valence-electron chi connectivity index (χ3n) is 2.83. The predicted octanol–water partition coefficient (Wildman–Crippen LogP) is 3.24. The fourth-order valence-electron chi connectivity index (χ4n) is 2.00. The van der Waals surface area contributed by atoms with Crippen molar-refractivity contribution in [3.8, 4) is 0 Å². The van der Waals surface area contributed by atoms with Gasteiger partial charge in [-0.1, -0.05) is 23.7 Å². The van der Waals surface area contributed by atoms with Crippen molar-refractivity contribution in [2.24, 2.45) is 0 Å². The average Bonchev–Trinajstić information content (AvgIpc) is 2.64. The fraction of sp³-hybridized carbons (Fsp3) is 0.500. The summed E-state index contributed by atoms with van der Waals surface area (Å²) in [4.78, 5) is 2.50. The highest BCUT2D eigenvalue weighted by atomic mass is 35.5. The molecule has 0 amide bonds. The van der Waals surface area contributed by atoms with Crippen molar-refractivity contribution in [2.45, 2.75) is 26.3 Å². The van der Waals surface area contributed by atoms with E-state index in [0.29, 0.717) is 0 Å². The van der Waals surface area contributed by atoms with Gasteiger partial charge in [-0.15, -0.1) is 0 Å². The molecule has 0 radical (unpaired) electrons. The van der Waals surface area contributed by atoms with Crippen LogP contribution < -0.4 is 0 Å². The zero-order valence-corrected chi connectivity index (χ0v) is 9.35. The molecule has 76 valence electrons. The number of benzene rings is 1. The third kappa shape index (κ3) is 2.28. The molecular weight excluding hydrogens is 194 g/mol. The van der Waals surface area contributed by atoms with Crippen molar-refractivity contribution < 1.29 is 0 Å². The first-order valence-electron chi connectivity index (χ1n) is 5.23. The molecule has 1 aromatic carbocycles. The zero-order valence-electron chi connectivity index (χ0n) is 8.59. The summed E-state index contributed by atoms with van der Waals surface area (Å²) < 4.78 is 0. The van der Waals surface area contributed by atoms with E-state index >= 15 is 0 Å². The standard InChI is InChI=1S/C12H16ClN/c1-10-8-11(4-5-12(10)13)9-14-6-2-3-7-14/h4-5,8H,2-3,6-7,9H2,1H3. The highest BCUT2D eigenvalue weighted by Crippen LogP contribution is 2.18. The molecular formula is C12H16ClN. The van der Waals surface area contributed by atoms with Gasteiger partial charge in [0.25, 0.3) is 0 Å². The lowest BCUT2D eigenvalue weighted by atomic mass is 10.1. The number of rotatable bonds is 2. The quantitative estimate of drug-likeness (QED) is 0.723. The Labute approximate surface area is 90.7 Å². The van der Waals surface area contributed by atoms with E-state index in [0.717, 1.165) is 11.6 Å². The molecule has 0 unspecified atom stereocenters. The second-order valence-corrected chi connectivity index (χ2v) is 4.47. The smallest absolute Gasteiger partial charge is 0.0435 e. The fourth-order valence-corrected chi connectivity index (χ4v) is 2.12. The van der Waals surface area contributed by atoms with E-state index < -0.39 is 0 Å². The van der Waals surface area contributed by atoms with Crippen molar-refractivity contribution in [3.63, 3.8) is 0 Å². The van der Waals surface area contributed by atoms with Gasteiger partial charge in [0.2, 0.25) is 0 Å². The molecule has 1 aromatic rings. The molecule has 1 fully saturated rings. The molecule has 1 heterocycles. The molecule has 14 heavy (non-hydrogen) atoms. The van der Waals surface area contributed by atoms with E-state index in [-0.39, 0.29) is 0 Å². The van der Waals surface area contributed by atoms with Crippen molar-refractivity contribution in [1.29, 1.82) is 0 Å². The first kappa shape index (κ1) is 10.0. The lowest BCUT2D eigenvalue weighted by Crippen LogP contribution is -2.18. The maximum Gasteiger partial charge on any atom is 0.0435 e. The summed E-state index contributed by atoms with van der Waals surface area (Å²) in [6.45, 7) is 5.65. The van der Waals surface area contributed by atoms with Crippen LogP contribution in [-0.2, 0) is 6.54 Å². The molecule has 0 bridgehead atoms. The Balaban J connectivity index is 2.05. The minimum Gasteiger partial charge on any atom is -0.299 e. The highest BCUT2D eigenvalue weighted by molar-refractivity contribution is 6.31. The van der Waals surface area contributed by atoms with Crippen LogP contribution in [0.3, 0.4) is 0 Å². The van der Waals surface area contributed by atoms with Crippen molar-refractivity contribution in [3.05, 3.63) is 34.3 Å². The molecule has 0 atom stereocenters. The molecule has 1 aliphatic rings. The van der Waals surface area contributed by atoms with Gasteiger partial charge in [-0.3, -0.25) is 4.90 Å². The van der Waals surface area contributed by atoms with Crippen molar-refractivity contribution in [2.75, 3.05) is 13.1 Å². The second kappa shape index (κ2) is 4.33. The largest absolute Gasteiger partial charge is 0.299 e. The van der Waals surface area contributed by atoms with E-state index in [1.54, 1.807) is 0 Å². The molecule has 0 saturated carbocycles. The zero-order chi connectivity index (χ0) is 9.97. The lowest BCUT2D eigenvalue weighted by molar-refractivity contribution is 0.331. The summed E-state index contributed by atoms with van der Waals surface area (Å²) in [5.74, 6) is 0. The van der Waals surface area contributed by atoms with Gasteiger partial charge in [-0.25, -0.2) is 0 Å². The van der Waals surface area contributed by atoms with Gasteiger partial charge >= 0.3 is 0 Å². The number of nitrogens with zero attached hydrogens (tertiary/aromatic N) is 1. The average molecular weight is 210 g/mol. The predicted molar refractivity (Wildman–Crippen MR) is 60.7 cm³/mol. The Morgan fingerprint density at radius 2 is 2.00 bits per heavy atom. The lowest BCUT2D eigenvalue weighted by Gasteiger charge is -2.14. The summed E-state index contributed by atoms with van der Waals surface area (Å²) in [6, 6.07) is 6.33. The van der Waals surface area contributed by atoms with E-state index in [9.17, 15) is 0 Å². The van der Waals surface area contributed by atoms with E-state index in [1.165, 1.54) is 37.1 Å². The monoisotopic (exact) mass is 209 g/mol. The van der Waals surface area contributed by atoms with Crippen LogP contribution >= 0.6 is 11.6 Å². The number of likely N-dealkylation sites (tertiary alicyclic amines) is 1. The number of aryl methyl sites for hydroxylation is 1. The summed E-state index contributed by atoms with van der Waals surface area (Å²) in [6.07, 6.45) is 2.71. The minimum absolute atomic E-state index is 0.871. The van der Waals surface area contributed by atoms with Gasteiger partial charge in [-0.05, 0) is 50.0 Å². The summed E-state index contributed by atoms with van der Waals surface area (Å²) in [7, 11) is 0. The Bertz CT molecular complexity index is 316. The second-order valence-electron chi connectivity index (χ2n) is 4.07. The molecule has 0 N–H and O–H groups in total. The molecule has 1 aliphatic heterocycles. The first-order chi connectivity index (χ1) is 6.75. The SMILES string of the molecule is Cc1cc(CN2CCCC2)ccc1Cl. The maximum atomic E-state index is 5.98. The molecule has 1 nitrogen and oxygen atoms in total. The van der Waals surface area contributed by atoms with Crippen molar-refractivity contribution in [1.82, 2.24) is 4.90 Å².